The number of carbonyl (C=O) groups is 1. The van der Waals surface area contributed by atoms with Crippen LogP contribution >= 0.6 is 0 Å². The quantitative estimate of drug-likeness (QED) is 0.637. The van der Waals surface area contributed by atoms with E-state index in [1.165, 1.54) is 13.8 Å². The van der Waals surface area contributed by atoms with Crippen molar-refractivity contribution in [1.29, 1.82) is 0 Å². The fraction of sp³-hybridized carbons (Fsp3) is 0.550. The number of benzene rings is 1. The van der Waals surface area contributed by atoms with Gasteiger partial charge in [-0.1, -0.05) is 0 Å². The lowest BCUT2D eigenvalue weighted by molar-refractivity contribution is -0.120. The Morgan fingerprint density at radius 2 is 1.89 bits per heavy atom. The van der Waals surface area contributed by atoms with Crippen LogP contribution in [0.3, 0.4) is 0 Å². The van der Waals surface area contributed by atoms with Crippen molar-refractivity contribution in [2.45, 2.75) is 51.3 Å². The van der Waals surface area contributed by atoms with Crippen LogP contribution in [0.4, 0.5) is 0 Å². The summed E-state index contributed by atoms with van der Waals surface area (Å²) in [5, 5.41) is 4.42. The van der Waals surface area contributed by atoms with Crippen LogP contribution in [-0.2, 0) is 27.6 Å². The van der Waals surface area contributed by atoms with Gasteiger partial charge in [0.15, 0.2) is 27.3 Å². The van der Waals surface area contributed by atoms with Gasteiger partial charge < -0.3 is 4.74 Å². The fourth-order valence-corrected chi connectivity index (χ4v) is 4.76. The Morgan fingerprint density at radius 3 is 2.43 bits per heavy atom. The lowest BCUT2D eigenvalue weighted by atomic mass is 10.1. The van der Waals surface area contributed by atoms with Gasteiger partial charge in [-0.15, -0.1) is 0 Å². The first-order valence-corrected chi connectivity index (χ1v) is 11.2. The maximum Gasteiger partial charge on any atom is 0.162 e. The molecular formula is C20H27N3O4S. The predicted octanol–water partition coefficient (Wildman–Crippen LogP) is 2.69. The van der Waals surface area contributed by atoms with Crippen LogP contribution < -0.4 is 4.74 Å². The highest BCUT2D eigenvalue weighted by atomic mass is 32.2. The van der Waals surface area contributed by atoms with Crippen molar-refractivity contribution in [3.63, 3.8) is 0 Å². The molecule has 1 fully saturated rings. The van der Waals surface area contributed by atoms with Crippen molar-refractivity contribution in [3.05, 3.63) is 30.1 Å². The van der Waals surface area contributed by atoms with Gasteiger partial charge in [0.1, 0.15) is 10.5 Å². The van der Waals surface area contributed by atoms with E-state index in [1.54, 1.807) is 11.8 Å². The van der Waals surface area contributed by atoms with Crippen molar-refractivity contribution < 1.29 is 17.9 Å². The van der Waals surface area contributed by atoms with Gasteiger partial charge in [0.2, 0.25) is 0 Å². The molecule has 0 spiro atoms. The van der Waals surface area contributed by atoms with Crippen LogP contribution in [0, 0.1) is 5.92 Å². The number of hydrogen-bond acceptors (Lipinski definition) is 6. The summed E-state index contributed by atoms with van der Waals surface area (Å²) in [6.07, 6.45) is 1.75. The molecule has 1 aromatic heterocycles. The second kappa shape index (κ2) is 7.66. The van der Waals surface area contributed by atoms with E-state index in [4.69, 9.17) is 4.74 Å². The van der Waals surface area contributed by atoms with Crippen LogP contribution in [0.1, 0.15) is 39.4 Å². The number of carbonyl (C=O) groups excluding carboxylic acids is 1. The van der Waals surface area contributed by atoms with Crippen molar-refractivity contribution >= 4 is 15.6 Å². The van der Waals surface area contributed by atoms with Crippen molar-refractivity contribution in [1.82, 2.24) is 14.8 Å². The van der Waals surface area contributed by atoms with E-state index in [2.05, 4.69) is 10.1 Å². The molecule has 28 heavy (non-hydrogen) atoms. The number of Topliss-reactive ketones (excluding diaryl/α,β-unsaturated/α-hetero) is 1. The molecule has 0 unspecified atom stereocenters. The van der Waals surface area contributed by atoms with Gasteiger partial charge in [-0.05, 0) is 63.8 Å². The first kappa shape index (κ1) is 20.5. The molecule has 0 amide bonds. The molecule has 1 aromatic carbocycles. The highest BCUT2D eigenvalue weighted by Crippen LogP contribution is 2.34. The number of ether oxygens (including phenoxy) is 1. The zero-order valence-electron chi connectivity index (χ0n) is 16.8. The number of sulfone groups is 1. The number of methoxy groups -OCH3 is 1. The third kappa shape index (κ3) is 4.11. The second-order valence-electron chi connectivity index (χ2n) is 7.73. The normalized spacial score (nSPS) is 14.9. The number of aromatic nitrogens is 3. The molecule has 0 atom stereocenters. The molecule has 1 aliphatic rings. The molecule has 2 aromatic rings. The molecule has 0 bridgehead atoms. The third-order valence-electron chi connectivity index (χ3n) is 5.28. The molecule has 0 saturated heterocycles. The Kier molecular flexibility index (Phi) is 5.61. The summed E-state index contributed by atoms with van der Waals surface area (Å²) >= 11 is 0. The van der Waals surface area contributed by atoms with Gasteiger partial charge in [-0.2, -0.15) is 5.10 Å². The molecule has 0 N–H and O–H groups in total. The van der Waals surface area contributed by atoms with Crippen molar-refractivity contribution in [3.8, 4) is 17.1 Å². The zero-order valence-corrected chi connectivity index (χ0v) is 17.6. The molecule has 152 valence electrons. The SMILES string of the molecule is CCn1nc(CC(=O)C(C)(C)S(=O)(=O)CC2CC2)nc1-c1ccc(OC)cc1. The molecule has 1 aliphatic carbocycles. The predicted molar refractivity (Wildman–Crippen MR) is 107 cm³/mol. The summed E-state index contributed by atoms with van der Waals surface area (Å²) in [6.45, 7) is 5.52. The number of aryl methyl sites for hydroxylation is 1. The van der Waals surface area contributed by atoms with Crippen LogP contribution in [-0.4, -0.2) is 46.6 Å². The Morgan fingerprint density at radius 1 is 1.25 bits per heavy atom. The molecule has 0 radical (unpaired) electrons. The van der Waals surface area contributed by atoms with Crippen molar-refractivity contribution in [2.75, 3.05) is 12.9 Å². The van der Waals surface area contributed by atoms with Gasteiger partial charge in [-0.3, -0.25) is 4.79 Å². The molecule has 1 saturated carbocycles. The first-order chi connectivity index (χ1) is 13.2. The summed E-state index contributed by atoms with van der Waals surface area (Å²) in [6, 6.07) is 7.43. The molecule has 0 aliphatic heterocycles. The minimum Gasteiger partial charge on any atom is -0.497 e. The zero-order chi connectivity index (χ0) is 20.5. The summed E-state index contributed by atoms with van der Waals surface area (Å²) in [5.74, 6) is 1.64. The van der Waals surface area contributed by atoms with Crippen molar-refractivity contribution in [2.24, 2.45) is 5.92 Å². The monoisotopic (exact) mass is 405 g/mol. The number of hydrogen-bond donors (Lipinski definition) is 0. The van der Waals surface area contributed by atoms with E-state index in [0.717, 1.165) is 24.2 Å². The lowest BCUT2D eigenvalue weighted by Crippen LogP contribution is -2.43. The van der Waals surface area contributed by atoms with Gasteiger partial charge in [-0.25, -0.2) is 18.1 Å². The van der Waals surface area contributed by atoms with E-state index < -0.39 is 14.6 Å². The standard InChI is InChI=1S/C20H27N3O4S/c1-5-23-19(15-8-10-16(27-4)11-9-15)21-18(22-23)12-17(24)20(2,3)28(25,26)13-14-6-7-14/h8-11,14H,5-7,12-13H2,1-4H3. The maximum absolute atomic E-state index is 12.8. The smallest absolute Gasteiger partial charge is 0.162 e. The average Bonchev–Trinajstić information content (AvgIpc) is 3.37. The summed E-state index contributed by atoms with van der Waals surface area (Å²) in [5.41, 5.74) is 0.856. The number of ketones is 1. The van der Waals surface area contributed by atoms with E-state index in [-0.39, 0.29) is 23.9 Å². The minimum atomic E-state index is -3.51. The topological polar surface area (TPSA) is 91.2 Å². The Bertz CT molecular complexity index is 958. The molecular weight excluding hydrogens is 378 g/mol. The Hall–Kier alpha value is -2.22. The van der Waals surface area contributed by atoms with Crippen LogP contribution in [0.2, 0.25) is 0 Å². The third-order valence-corrected chi connectivity index (χ3v) is 7.98. The summed E-state index contributed by atoms with van der Waals surface area (Å²) in [7, 11) is -1.91. The summed E-state index contributed by atoms with van der Waals surface area (Å²) in [4.78, 5) is 17.3. The number of nitrogens with zero attached hydrogens (tertiary/aromatic N) is 3. The van der Waals surface area contributed by atoms with Crippen LogP contribution in [0.25, 0.3) is 11.4 Å². The number of rotatable bonds is 9. The van der Waals surface area contributed by atoms with E-state index >= 15 is 0 Å². The first-order valence-electron chi connectivity index (χ1n) is 9.51. The molecule has 7 nitrogen and oxygen atoms in total. The largest absolute Gasteiger partial charge is 0.497 e. The molecule has 1 heterocycles. The van der Waals surface area contributed by atoms with Gasteiger partial charge >= 0.3 is 0 Å². The molecule has 8 heteroatoms. The highest BCUT2D eigenvalue weighted by Gasteiger charge is 2.44. The minimum absolute atomic E-state index is 0.0830. The fourth-order valence-electron chi connectivity index (χ4n) is 2.97. The second-order valence-corrected chi connectivity index (χ2v) is 10.3. The van der Waals surface area contributed by atoms with E-state index in [1.807, 2.05) is 31.2 Å². The Balaban J connectivity index is 1.82. The van der Waals surface area contributed by atoms with Gasteiger partial charge in [0.25, 0.3) is 0 Å². The maximum atomic E-state index is 12.8. The molecule has 3 rings (SSSR count). The van der Waals surface area contributed by atoms with Gasteiger partial charge in [0.05, 0.1) is 19.3 Å². The summed E-state index contributed by atoms with van der Waals surface area (Å²) < 4.78 is 30.8. The van der Waals surface area contributed by atoms with E-state index in [0.29, 0.717) is 18.2 Å². The van der Waals surface area contributed by atoms with Crippen LogP contribution in [0.15, 0.2) is 24.3 Å². The Labute approximate surface area is 166 Å². The van der Waals surface area contributed by atoms with Crippen LogP contribution in [0.5, 0.6) is 5.75 Å². The highest BCUT2D eigenvalue weighted by molar-refractivity contribution is 7.93. The average molecular weight is 406 g/mol. The van der Waals surface area contributed by atoms with E-state index in [9.17, 15) is 13.2 Å². The van der Waals surface area contributed by atoms with Gasteiger partial charge in [0, 0.05) is 12.1 Å². The lowest BCUT2D eigenvalue weighted by Gasteiger charge is -2.22.